The molecule has 134 valence electrons. The monoisotopic (exact) mass is 411 g/mol. The maximum absolute atomic E-state index is 11.8. The van der Waals surface area contributed by atoms with Gasteiger partial charge in [-0.05, 0) is 58.5 Å². The molecule has 0 spiro atoms. The normalized spacial score (nSPS) is 15.4. The smallest absolute Gasteiger partial charge is 0.237 e. The van der Waals surface area contributed by atoms with Crippen molar-refractivity contribution in [1.82, 2.24) is 9.55 Å². The molecule has 1 fully saturated rings. The minimum absolute atomic E-state index is 0.158. The van der Waals surface area contributed by atoms with Gasteiger partial charge in [0.25, 0.3) is 0 Å². The third kappa shape index (κ3) is 3.05. The molecule has 0 aliphatic heterocycles. The van der Waals surface area contributed by atoms with Crippen LogP contribution < -0.4 is 5.73 Å². The fraction of sp³-hybridized carbons (Fsp3) is 0.333. The van der Waals surface area contributed by atoms with Crippen LogP contribution >= 0.6 is 15.9 Å². The maximum Gasteiger partial charge on any atom is 0.237 e. The van der Waals surface area contributed by atoms with E-state index in [0.29, 0.717) is 5.92 Å². The number of halogens is 1. The fourth-order valence-corrected chi connectivity index (χ4v) is 4.71. The molecule has 4 nitrogen and oxygen atoms in total. The van der Waals surface area contributed by atoms with Crippen molar-refractivity contribution in [2.45, 2.75) is 44.6 Å². The molecule has 0 saturated heterocycles. The number of benzene rings is 1. The van der Waals surface area contributed by atoms with Crippen LogP contribution in [-0.2, 0) is 11.3 Å². The molecule has 1 amide bonds. The highest BCUT2D eigenvalue weighted by Crippen LogP contribution is 2.44. The number of hydrogen-bond acceptors (Lipinski definition) is 2. The molecule has 0 bridgehead atoms. The first-order chi connectivity index (χ1) is 12.7. The summed E-state index contributed by atoms with van der Waals surface area (Å²) in [5, 5.41) is 1.22. The van der Waals surface area contributed by atoms with Crippen molar-refractivity contribution in [3.8, 4) is 11.4 Å². The third-order valence-electron chi connectivity index (χ3n) is 5.32. The number of para-hydroxylation sites is 1. The van der Waals surface area contributed by atoms with Gasteiger partial charge in [0.1, 0.15) is 12.2 Å². The van der Waals surface area contributed by atoms with Gasteiger partial charge in [0.15, 0.2) is 0 Å². The summed E-state index contributed by atoms with van der Waals surface area (Å²) in [6.45, 7) is 0.158. The van der Waals surface area contributed by atoms with Gasteiger partial charge in [-0.2, -0.15) is 0 Å². The molecule has 26 heavy (non-hydrogen) atoms. The van der Waals surface area contributed by atoms with E-state index in [2.05, 4.69) is 43.7 Å². The molecular weight excluding hydrogens is 390 g/mol. The van der Waals surface area contributed by atoms with E-state index in [1.165, 1.54) is 43.1 Å². The van der Waals surface area contributed by atoms with Gasteiger partial charge in [0.05, 0.1) is 5.69 Å². The first kappa shape index (κ1) is 17.3. The van der Waals surface area contributed by atoms with Crippen LogP contribution in [0.4, 0.5) is 0 Å². The first-order valence-corrected chi connectivity index (χ1v) is 9.96. The summed E-state index contributed by atoms with van der Waals surface area (Å²) < 4.78 is 2.99. The van der Waals surface area contributed by atoms with E-state index in [0.717, 1.165) is 21.4 Å². The highest BCUT2D eigenvalue weighted by molar-refractivity contribution is 9.10. The van der Waals surface area contributed by atoms with Crippen LogP contribution in [0.25, 0.3) is 22.3 Å². The summed E-state index contributed by atoms with van der Waals surface area (Å²) >= 11 is 3.66. The van der Waals surface area contributed by atoms with Crippen molar-refractivity contribution in [3.05, 3.63) is 52.6 Å². The van der Waals surface area contributed by atoms with Crippen LogP contribution in [0.2, 0.25) is 0 Å². The van der Waals surface area contributed by atoms with Crippen molar-refractivity contribution in [2.24, 2.45) is 5.73 Å². The Labute approximate surface area is 161 Å². The molecule has 1 aliphatic rings. The van der Waals surface area contributed by atoms with Gasteiger partial charge in [-0.3, -0.25) is 9.78 Å². The van der Waals surface area contributed by atoms with Gasteiger partial charge < -0.3 is 10.3 Å². The molecule has 1 aromatic carbocycles. The van der Waals surface area contributed by atoms with E-state index < -0.39 is 0 Å². The molecule has 3 aromatic rings. The molecule has 2 aromatic heterocycles. The molecule has 0 atom stereocenters. The van der Waals surface area contributed by atoms with Gasteiger partial charge >= 0.3 is 0 Å². The Bertz CT molecular complexity index is 957. The van der Waals surface area contributed by atoms with E-state index in [4.69, 9.17) is 5.73 Å². The highest BCUT2D eigenvalue weighted by atomic mass is 79.9. The lowest BCUT2D eigenvalue weighted by molar-refractivity contribution is -0.118. The second kappa shape index (κ2) is 7.23. The third-order valence-corrected chi connectivity index (χ3v) is 5.96. The molecule has 0 radical (unpaired) electrons. The quantitative estimate of drug-likeness (QED) is 0.656. The number of pyridine rings is 1. The molecular formula is C21H22BrN3O. The van der Waals surface area contributed by atoms with Crippen LogP contribution in [0, 0.1) is 0 Å². The summed E-state index contributed by atoms with van der Waals surface area (Å²) in [6.07, 6.45) is 7.98. The van der Waals surface area contributed by atoms with E-state index in [-0.39, 0.29) is 12.5 Å². The average Bonchev–Trinajstić information content (AvgIpc) is 2.96. The van der Waals surface area contributed by atoms with Crippen molar-refractivity contribution < 1.29 is 4.79 Å². The summed E-state index contributed by atoms with van der Waals surface area (Å²) in [5.74, 6) is 0.154. The fourth-order valence-electron chi connectivity index (χ4n) is 4.27. The van der Waals surface area contributed by atoms with Crippen LogP contribution in [0.5, 0.6) is 0 Å². The molecule has 1 saturated carbocycles. The minimum atomic E-state index is -0.339. The zero-order valence-corrected chi connectivity index (χ0v) is 16.2. The van der Waals surface area contributed by atoms with Gasteiger partial charge in [0.2, 0.25) is 5.91 Å². The number of nitrogens with zero attached hydrogens (tertiary/aromatic N) is 2. The van der Waals surface area contributed by atoms with Gasteiger partial charge in [-0.25, -0.2) is 0 Å². The molecule has 4 rings (SSSR count). The first-order valence-electron chi connectivity index (χ1n) is 9.17. The molecule has 0 unspecified atom stereocenters. The largest absolute Gasteiger partial charge is 0.368 e. The SMILES string of the molecule is NC(=O)Cn1c(-c2ncccc2Br)c(C2CCCCC2)c2ccccc21. The standard InChI is InChI=1S/C21H22BrN3O/c22-16-10-6-12-24-20(16)21-19(14-7-2-1-3-8-14)15-9-4-5-11-17(15)25(21)13-18(23)26/h4-6,9-12,14H,1-3,7-8,13H2,(H2,23,26). The van der Waals surface area contributed by atoms with Crippen molar-refractivity contribution in [2.75, 3.05) is 0 Å². The summed E-state index contributed by atoms with van der Waals surface area (Å²) in [5.41, 5.74) is 9.88. The molecule has 1 aliphatic carbocycles. The van der Waals surface area contributed by atoms with Crippen LogP contribution in [-0.4, -0.2) is 15.5 Å². The topological polar surface area (TPSA) is 60.9 Å². The number of rotatable bonds is 4. The molecule has 5 heteroatoms. The van der Waals surface area contributed by atoms with Crippen LogP contribution in [0.15, 0.2) is 47.1 Å². The van der Waals surface area contributed by atoms with Crippen molar-refractivity contribution in [3.63, 3.8) is 0 Å². The van der Waals surface area contributed by atoms with E-state index in [9.17, 15) is 4.79 Å². The van der Waals surface area contributed by atoms with Crippen LogP contribution in [0.3, 0.4) is 0 Å². The van der Waals surface area contributed by atoms with E-state index >= 15 is 0 Å². The number of carbonyl (C=O) groups is 1. The highest BCUT2D eigenvalue weighted by Gasteiger charge is 2.28. The van der Waals surface area contributed by atoms with Gasteiger partial charge in [0, 0.05) is 21.6 Å². The predicted molar refractivity (Wildman–Crippen MR) is 108 cm³/mol. The Morgan fingerprint density at radius 2 is 1.92 bits per heavy atom. The second-order valence-corrected chi connectivity index (χ2v) is 7.85. The minimum Gasteiger partial charge on any atom is -0.368 e. The number of aromatic nitrogens is 2. The summed E-state index contributed by atoms with van der Waals surface area (Å²) in [6, 6.07) is 12.2. The number of amides is 1. The lowest BCUT2D eigenvalue weighted by Crippen LogP contribution is -2.19. The number of fused-ring (bicyclic) bond motifs is 1. The van der Waals surface area contributed by atoms with E-state index in [1.807, 2.05) is 18.2 Å². The number of nitrogens with two attached hydrogens (primary N) is 1. The summed E-state index contributed by atoms with van der Waals surface area (Å²) in [7, 11) is 0. The zero-order chi connectivity index (χ0) is 18.1. The average molecular weight is 412 g/mol. The zero-order valence-electron chi connectivity index (χ0n) is 14.6. The Morgan fingerprint density at radius 1 is 1.15 bits per heavy atom. The van der Waals surface area contributed by atoms with Crippen LogP contribution in [0.1, 0.15) is 43.6 Å². The van der Waals surface area contributed by atoms with Crippen molar-refractivity contribution >= 4 is 32.7 Å². The Hall–Kier alpha value is -2.14. The molecule has 2 N–H and O–H groups in total. The molecule has 2 heterocycles. The second-order valence-electron chi connectivity index (χ2n) is 7.00. The number of carbonyl (C=O) groups excluding carboxylic acids is 1. The van der Waals surface area contributed by atoms with Crippen molar-refractivity contribution in [1.29, 1.82) is 0 Å². The maximum atomic E-state index is 11.8. The van der Waals surface area contributed by atoms with Gasteiger partial charge in [-0.15, -0.1) is 0 Å². The predicted octanol–water partition coefficient (Wildman–Crippen LogP) is 5.00. The Kier molecular flexibility index (Phi) is 4.81. The number of primary amides is 1. The Balaban J connectivity index is 2.05. The van der Waals surface area contributed by atoms with Gasteiger partial charge in [-0.1, -0.05) is 37.5 Å². The summed E-state index contributed by atoms with van der Waals surface area (Å²) in [4.78, 5) is 16.5. The lowest BCUT2D eigenvalue weighted by atomic mass is 9.82. The Morgan fingerprint density at radius 3 is 2.65 bits per heavy atom. The lowest BCUT2D eigenvalue weighted by Gasteiger charge is -2.23. The van der Waals surface area contributed by atoms with E-state index in [1.54, 1.807) is 6.20 Å². The number of hydrogen-bond donors (Lipinski definition) is 1.